The van der Waals surface area contributed by atoms with E-state index in [4.69, 9.17) is 0 Å². The summed E-state index contributed by atoms with van der Waals surface area (Å²) in [6.45, 7) is 3.58. The smallest absolute Gasteiger partial charge is 0.280 e. The molecule has 0 bridgehead atoms. The van der Waals surface area contributed by atoms with E-state index in [0.717, 1.165) is 16.6 Å². The summed E-state index contributed by atoms with van der Waals surface area (Å²) in [6, 6.07) is 11.3. The molecule has 4 nitrogen and oxygen atoms in total. The monoisotopic (exact) mass is 266 g/mol. The maximum atomic E-state index is 11.5. The van der Waals surface area contributed by atoms with E-state index < -0.39 is 15.5 Å². The first-order valence-corrected chi connectivity index (χ1v) is 7.31. The van der Waals surface area contributed by atoms with Crippen molar-refractivity contribution in [3.8, 4) is 0 Å². The Kier molecular flexibility index (Phi) is 3.36. The van der Waals surface area contributed by atoms with Gasteiger partial charge in [-0.2, -0.15) is 13.0 Å². The molecule has 18 heavy (non-hydrogen) atoms. The van der Waals surface area contributed by atoms with Crippen molar-refractivity contribution in [1.82, 2.24) is 0 Å². The van der Waals surface area contributed by atoms with Crippen molar-refractivity contribution in [2.45, 2.75) is 25.6 Å². The number of aromatic nitrogens is 1. The molecule has 1 N–H and O–H groups in total. The van der Waals surface area contributed by atoms with Crippen LogP contribution >= 0.6 is 0 Å². The fourth-order valence-electron chi connectivity index (χ4n) is 2.24. The highest BCUT2D eigenvalue weighted by Crippen LogP contribution is 2.17. The van der Waals surface area contributed by atoms with Gasteiger partial charge >= 0.3 is 10.1 Å². The standard InChI is InChI=1S/C13H15NO3S/c1-3-13(18(15,16)17)14-10(2)8-9-11-6-4-5-7-12(11)14/h4-9,13H,3H2,1-2H3/p+1. The maximum absolute atomic E-state index is 11.5. The highest BCUT2D eigenvalue weighted by molar-refractivity contribution is 7.85. The summed E-state index contributed by atoms with van der Waals surface area (Å²) in [5.41, 5.74) is 1.61. The van der Waals surface area contributed by atoms with Gasteiger partial charge in [0.2, 0.25) is 5.52 Å². The van der Waals surface area contributed by atoms with Gasteiger partial charge < -0.3 is 0 Å². The Bertz CT molecular complexity index is 680. The van der Waals surface area contributed by atoms with Gasteiger partial charge in [0.25, 0.3) is 5.37 Å². The number of benzene rings is 1. The molecule has 0 aliphatic heterocycles. The van der Waals surface area contributed by atoms with Crippen LogP contribution in [0.5, 0.6) is 0 Å². The molecule has 0 spiro atoms. The lowest BCUT2D eigenvalue weighted by Crippen LogP contribution is -2.46. The summed E-state index contributed by atoms with van der Waals surface area (Å²) in [5, 5.41) is 0.00815. The normalized spacial score (nSPS) is 13.7. The lowest BCUT2D eigenvalue weighted by molar-refractivity contribution is -0.683. The molecular formula is C13H16NO3S+. The van der Waals surface area contributed by atoms with Gasteiger partial charge in [0, 0.05) is 30.9 Å². The van der Waals surface area contributed by atoms with E-state index in [-0.39, 0.29) is 0 Å². The van der Waals surface area contributed by atoms with Gasteiger partial charge in [0.1, 0.15) is 0 Å². The average molecular weight is 266 g/mol. The summed E-state index contributed by atoms with van der Waals surface area (Å²) >= 11 is 0. The van der Waals surface area contributed by atoms with Gasteiger partial charge in [-0.15, -0.1) is 0 Å². The Morgan fingerprint density at radius 3 is 2.50 bits per heavy atom. The number of hydrogen-bond donors (Lipinski definition) is 1. The lowest BCUT2D eigenvalue weighted by atomic mass is 10.2. The molecule has 96 valence electrons. The molecule has 0 fully saturated rings. The van der Waals surface area contributed by atoms with Gasteiger partial charge in [0.05, 0.1) is 0 Å². The van der Waals surface area contributed by atoms with E-state index in [1.807, 2.05) is 43.3 Å². The van der Waals surface area contributed by atoms with Crippen molar-refractivity contribution in [1.29, 1.82) is 0 Å². The molecular weight excluding hydrogens is 250 g/mol. The first kappa shape index (κ1) is 13.0. The first-order valence-electron chi connectivity index (χ1n) is 5.81. The number of nitrogens with zero attached hydrogens (tertiary/aromatic N) is 1. The Morgan fingerprint density at radius 2 is 1.89 bits per heavy atom. The van der Waals surface area contributed by atoms with Crippen molar-refractivity contribution in [2.24, 2.45) is 0 Å². The van der Waals surface area contributed by atoms with Crippen LogP contribution in [0.15, 0.2) is 36.4 Å². The zero-order chi connectivity index (χ0) is 13.3. The van der Waals surface area contributed by atoms with Crippen LogP contribution in [0.2, 0.25) is 0 Å². The fourth-order valence-corrected chi connectivity index (χ4v) is 3.20. The third kappa shape index (κ3) is 2.23. The predicted molar refractivity (Wildman–Crippen MR) is 69.8 cm³/mol. The molecule has 1 aromatic heterocycles. The lowest BCUT2D eigenvalue weighted by Gasteiger charge is -2.11. The van der Waals surface area contributed by atoms with Crippen LogP contribution < -0.4 is 4.57 Å². The third-order valence-corrected chi connectivity index (χ3v) is 4.29. The van der Waals surface area contributed by atoms with E-state index in [1.165, 1.54) is 0 Å². The zero-order valence-electron chi connectivity index (χ0n) is 10.4. The fraction of sp³-hybridized carbons (Fsp3) is 0.308. The second-order valence-corrected chi connectivity index (χ2v) is 5.86. The van der Waals surface area contributed by atoms with Crippen molar-refractivity contribution < 1.29 is 17.5 Å². The second kappa shape index (κ2) is 4.66. The molecule has 1 unspecified atom stereocenters. The van der Waals surface area contributed by atoms with Crippen molar-refractivity contribution in [3.63, 3.8) is 0 Å². The molecule has 1 aromatic carbocycles. The topological polar surface area (TPSA) is 58.2 Å². The zero-order valence-corrected chi connectivity index (χ0v) is 11.2. The quantitative estimate of drug-likeness (QED) is 0.684. The molecule has 0 radical (unpaired) electrons. The summed E-state index contributed by atoms with van der Waals surface area (Å²) in [6.07, 6.45) is 0.318. The van der Waals surface area contributed by atoms with Gasteiger partial charge in [-0.3, -0.25) is 4.55 Å². The van der Waals surface area contributed by atoms with Crippen LogP contribution in [0.4, 0.5) is 0 Å². The van der Waals surface area contributed by atoms with Gasteiger partial charge in [-0.25, -0.2) is 0 Å². The first-order chi connectivity index (χ1) is 8.45. The molecule has 0 amide bonds. The summed E-state index contributed by atoms with van der Waals surface area (Å²) in [4.78, 5) is 0. The number of hydrogen-bond acceptors (Lipinski definition) is 2. The molecule has 0 saturated carbocycles. The van der Waals surface area contributed by atoms with Gasteiger partial charge in [-0.1, -0.05) is 19.1 Å². The van der Waals surface area contributed by atoms with Crippen LogP contribution in [-0.2, 0) is 10.1 Å². The Morgan fingerprint density at radius 1 is 1.22 bits per heavy atom. The van der Waals surface area contributed by atoms with Crippen LogP contribution in [0, 0.1) is 6.92 Å². The SMILES string of the molecule is CCC([n+]1c(C)ccc2ccccc21)S(=O)(=O)O. The summed E-state index contributed by atoms with van der Waals surface area (Å²) in [5.74, 6) is 0. The number of fused-ring (bicyclic) bond motifs is 1. The third-order valence-electron chi connectivity index (χ3n) is 3.06. The van der Waals surface area contributed by atoms with E-state index in [0.29, 0.717) is 6.42 Å². The van der Waals surface area contributed by atoms with Crippen molar-refractivity contribution in [2.75, 3.05) is 0 Å². The Balaban J connectivity index is 2.80. The van der Waals surface area contributed by atoms with Crippen LogP contribution in [0.1, 0.15) is 24.4 Å². The van der Waals surface area contributed by atoms with E-state index in [1.54, 1.807) is 11.5 Å². The van der Waals surface area contributed by atoms with Crippen LogP contribution in [0.3, 0.4) is 0 Å². The van der Waals surface area contributed by atoms with E-state index in [2.05, 4.69) is 0 Å². The number of aryl methyl sites for hydroxylation is 1. The van der Waals surface area contributed by atoms with Gasteiger partial charge in [-0.05, 0) is 12.1 Å². The highest BCUT2D eigenvalue weighted by atomic mass is 32.2. The minimum Gasteiger partial charge on any atom is -0.280 e. The Hall–Kier alpha value is -1.46. The second-order valence-electron chi connectivity index (χ2n) is 4.28. The predicted octanol–water partition coefficient (Wildman–Crippen LogP) is 2.23. The minimum atomic E-state index is -4.12. The van der Waals surface area contributed by atoms with Crippen LogP contribution in [-0.4, -0.2) is 13.0 Å². The molecule has 2 rings (SSSR count). The number of pyridine rings is 1. The summed E-state index contributed by atoms with van der Waals surface area (Å²) < 4.78 is 34.0. The average Bonchev–Trinajstić information content (AvgIpc) is 2.31. The molecule has 5 heteroatoms. The van der Waals surface area contributed by atoms with E-state index >= 15 is 0 Å². The van der Waals surface area contributed by atoms with Crippen LogP contribution in [0.25, 0.3) is 10.9 Å². The van der Waals surface area contributed by atoms with E-state index in [9.17, 15) is 13.0 Å². The Labute approximate surface area is 107 Å². The molecule has 1 atom stereocenters. The molecule has 0 saturated heterocycles. The highest BCUT2D eigenvalue weighted by Gasteiger charge is 2.33. The summed E-state index contributed by atoms with van der Waals surface area (Å²) in [7, 11) is -4.12. The largest absolute Gasteiger partial charge is 0.329 e. The van der Waals surface area contributed by atoms with Crippen molar-refractivity contribution in [3.05, 3.63) is 42.1 Å². The number of rotatable bonds is 3. The minimum absolute atomic E-state index is 0.318. The molecule has 0 aliphatic rings. The molecule has 2 aromatic rings. The van der Waals surface area contributed by atoms with Gasteiger partial charge in [0.15, 0.2) is 5.69 Å². The molecule has 0 aliphatic carbocycles. The van der Waals surface area contributed by atoms with Crippen molar-refractivity contribution >= 4 is 21.0 Å². The molecule has 1 heterocycles. The maximum Gasteiger partial charge on any atom is 0.329 e. The number of para-hydroxylation sites is 1.